The molecule has 2 bridgehead atoms. The van der Waals surface area contributed by atoms with E-state index in [-0.39, 0.29) is 0 Å². The molecule has 0 aromatic carbocycles. The molecule has 2 unspecified atom stereocenters. The van der Waals surface area contributed by atoms with Crippen LogP contribution < -0.4 is 0 Å². The van der Waals surface area contributed by atoms with E-state index >= 15 is 0 Å². The first-order valence-corrected chi connectivity index (χ1v) is 5.72. The van der Waals surface area contributed by atoms with Crippen molar-refractivity contribution >= 4 is 0 Å². The van der Waals surface area contributed by atoms with Gasteiger partial charge in [-0.25, -0.2) is 0 Å². The number of fused-ring (bicyclic) bond motifs is 2. The highest BCUT2D eigenvalue weighted by Crippen LogP contribution is 2.49. The minimum atomic E-state index is 0.716. The molecule has 0 nitrogen and oxygen atoms in total. The fourth-order valence-corrected chi connectivity index (χ4v) is 3.54. The summed E-state index contributed by atoms with van der Waals surface area (Å²) in [5.41, 5.74) is 0.716. The van der Waals surface area contributed by atoms with E-state index in [9.17, 15) is 0 Å². The quantitative estimate of drug-likeness (QED) is 0.552. The largest absolute Gasteiger partial charge is 0.0649 e. The fourth-order valence-electron chi connectivity index (χ4n) is 3.54. The molecule has 0 radical (unpaired) electrons. The van der Waals surface area contributed by atoms with Crippen LogP contribution in [0.3, 0.4) is 0 Å². The monoisotopic (exact) mass is 166 g/mol. The molecule has 2 saturated carbocycles. The second-order valence-electron chi connectivity index (χ2n) is 5.47. The molecular formula is C12H22. The summed E-state index contributed by atoms with van der Waals surface area (Å²) in [5, 5.41) is 0. The molecule has 0 heterocycles. The minimum Gasteiger partial charge on any atom is -0.0649 e. The molecular weight excluding hydrogens is 144 g/mol. The molecule has 0 saturated heterocycles. The molecule has 0 aromatic heterocycles. The Bertz CT molecular complexity index is 147. The van der Waals surface area contributed by atoms with Crippen LogP contribution in [0.4, 0.5) is 0 Å². The lowest BCUT2D eigenvalue weighted by Crippen LogP contribution is -2.33. The zero-order valence-electron chi connectivity index (χ0n) is 8.60. The van der Waals surface area contributed by atoms with Crippen LogP contribution in [0.1, 0.15) is 58.8 Å². The van der Waals surface area contributed by atoms with Crippen LogP contribution in [-0.2, 0) is 0 Å². The van der Waals surface area contributed by atoms with Crippen molar-refractivity contribution in [3.8, 4) is 0 Å². The average molecular weight is 166 g/mol. The van der Waals surface area contributed by atoms with E-state index < -0.39 is 0 Å². The van der Waals surface area contributed by atoms with Gasteiger partial charge in [0.25, 0.3) is 0 Å². The maximum absolute atomic E-state index is 2.51. The third-order valence-corrected chi connectivity index (χ3v) is 4.31. The predicted molar refractivity (Wildman–Crippen MR) is 53.1 cm³/mol. The van der Waals surface area contributed by atoms with Gasteiger partial charge < -0.3 is 0 Å². The summed E-state index contributed by atoms with van der Waals surface area (Å²) in [4.78, 5) is 0. The predicted octanol–water partition coefficient (Wildman–Crippen LogP) is 4.00. The molecule has 0 N–H and O–H groups in total. The van der Waals surface area contributed by atoms with E-state index in [4.69, 9.17) is 0 Å². The minimum absolute atomic E-state index is 0.716. The Kier molecular flexibility index (Phi) is 2.18. The van der Waals surface area contributed by atoms with Gasteiger partial charge in [0.1, 0.15) is 0 Å². The van der Waals surface area contributed by atoms with Crippen molar-refractivity contribution in [2.75, 3.05) is 0 Å². The van der Waals surface area contributed by atoms with Crippen LogP contribution in [0.25, 0.3) is 0 Å². The smallest absolute Gasteiger partial charge is 0.0323 e. The first kappa shape index (κ1) is 8.59. The highest BCUT2D eigenvalue weighted by molar-refractivity contribution is 4.89. The van der Waals surface area contributed by atoms with Crippen LogP contribution in [0.2, 0.25) is 0 Å². The molecule has 70 valence electrons. The van der Waals surface area contributed by atoms with Gasteiger partial charge in [0.05, 0.1) is 0 Å². The second kappa shape index (κ2) is 3.05. The average Bonchev–Trinajstić information content (AvgIpc) is 2.03. The number of rotatable bonds is 1. The molecule has 0 aromatic rings. The van der Waals surface area contributed by atoms with Gasteiger partial charge >= 0.3 is 0 Å². The maximum atomic E-state index is 2.51. The van der Waals surface area contributed by atoms with Crippen LogP contribution in [0.5, 0.6) is 0 Å². The van der Waals surface area contributed by atoms with Gasteiger partial charge in [0.2, 0.25) is 0 Å². The third-order valence-electron chi connectivity index (χ3n) is 4.31. The van der Waals surface area contributed by atoms with Crippen LogP contribution >= 0.6 is 0 Å². The highest BCUT2D eigenvalue weighted by Gasteiger charge is 2.37. The van der Waals surface area contributed by atoms with Crippen molar-refractivity contribution in [3.05, 3.63) is 0 Å². The van der Waals surface area contributed by atoms with E-state index in [2.05, 4.69) is 13.8 Å². The molecule has 0 amide bonds. The lowest BCUT2D eigenvalue weighted by molar-refractivity contribution is 0.0658. The van der Waals surface area contributed by atoms with Gasteiger partial charge in [-0.2, -0.15) is 0 Å². The third kappa shape index (κ3) is 1.53. The van der Waals surface area contributed by atoms with E-state index in [1.807, 2.05) is 0 Å². The summed E-state index contributed by atoms with van der Waals surface area (Å²) in [7, 11) is 0. The van der Waals surface area contributed by atoms with Gasteiger partial charge in [-0.05, 0) is 36.5 Å². The Morgan fingerprint density at radius 3 is 2.25 bits per heavy atom. The normalized spacial score (nSPS) is 47.5. The van der Waals surface area contributed by atoms with Gasteiger partial charge in [-0.1, -0.05) is 39.5 Å². The molecule has 0 spiro atoms. The Morgan fingerprint density at radius 1 is 1.17 bits per heavy atom. The summed E-state index contributed by atoms with van der Waals surface area (Å²) in [5.74, 6) is 2.20. The fraction of sp³-hybridized carbons (Fsp3) is 1.00. The molecule has 2 fully saturated rings. The first-order chi connectivity index (χ1) is 5.72. The van der Waals surface area contributed by atoms with Gasteiger partial charge in [0, 0.05) is 0 Å². The van der Waals surface area contributed by atoms with Crippen LogP contribution in [0, 0.1) is 17.3 Å². The Morgan fingerprint density at radius 2 is 1.75 bits per heavy atom. The summed E-state index contributed by atoms with van der Waals surface area (Å²) in [6, 6.07) is 0. The molecule has 2 atom stereocenters. The summed E-state index contributed by atoms with van der Waals surface area (Å²) >= 11 is 0. The zero-order chi connectivity index (χ0) is 8.60. The van der Waals surface area contributed by atoms with E-state index in [1.165, 1.54) is 38.5 Å². The molecule has 2 rings (SSSR count). The van der Waals surface area contributed by atoms with Crippen molar-refractivity contribution in [1.82, 2.24) is 0 Å². The topological polar surface area (TPSA) is 0 Å². The molecule has 2 aliphatic rings. The Balaban J connectivity index is 2.05. The first-order valence-electron chi connectivity index (χ1n) is 5.72. The van der Waals surface area contributed by atoms with Crippen molar-refractivity contribution in [2.24, 2.45) is 17.3 Å². The van der Waals surface area contributed by atoms with E-state index in [1.54, 1.807) is 6.42 Å². The lowest BCUT2D eigenvalue weighted by Gasteiger charge is -2.45. The van der Waals surface area contributed by atoms with Crippen LogP contribution in [0.15, 0.2) is 0 Å². The van der Waals surface area contributed by atoms with Gasteiger partial charge in [0.15, 0.2) is 0 Å². The van der Waals surface area contributed by atoms with Crippen molar-refractivity contribution < 1.29 is 0 Å². The van der Waals surface area contributed by atoms with Crippen LogP contribution in [-0.4, -0.2) is 0 Å². The highest BCUT2D eigenvalue weighted by atomic mass is 14.4. The Labute approximate surface area is 76.7 Å². The zero-order valence-corrected chi connectivity index (χ0v) is 8.60. The lowest BCUT2D eigenvalue weighted by atomic mass is 9.61. The van der Waals surface area contributed by atoms with Gasteiger partial charge in [-0.15, -0.1) is 0 Å². The van der Waals surface area contributed by atoms with Gasteiger partial charge in [-0.3, -0.25) is 0 Å². The van der Waals surface area contributed by atoms with E-state index in [0.717, 1.165) is 11.8 Å². The SMILES string of the molecule is CCC1(C)CC2CCCC(C2)C1. The molecule has 2 aliphatic carbocycles. The van der Waals surface area contributed by atoms with Crippen molar-refractivity contribution in [3.63, 3.8) is 0 Å². The summed E-state index contributed by atoms with van der Waals surface area (Å²) in [6.07, 6.45) is 10.6. The number of hydrogen-bond donors (Lipinski definition) is 0. The van der Waals surface area contributed by atoms with Crippen molar-refractivity contribution in [2.45, 2.75) is 58.8 Å². The van der Waals surface area contributed by atoms with Crippen molar-refractivity contribution in [1.29, 1.82) is 0 Å². The number of hydrogen-bond acceptors (Lipinski definition) is 0. The standard InChI is InChI=1S/C12H22/c1-3-12(2)8-10-5-4-6-11(7-10)9-12/h10-11H,3-9H2,1-2H3. The summed E-state index contributed by atoms with van der Waals surface area (Å²) < 4.78 is 0. The molecule has 12 heavy (non-hydrogen) atoms. The molecule has 0 heteroatoms. The second-order valence-corrected chi connectivity index (χ2v) is 5.47. The van der Waals surface area contributed by atoms with E-state index in [0.29, 0.717) is 5.41 Å². The molecule has 0 aliphatic heterocycles. The summed E-state index contributed by atoms with van der Waals surface area (Å²) in [6.45, 7) is 4.89. The Hall–Kier alpha value is 0. The maximum Gasteiger partial charge on any atom is -0.0323 e.